The van der Waals surface area contributed by atoms with E-state index >= 15 is 0 Å². The summed E-state index contributed by atoms with van der Waals surface area (Å²) in [6, 6.07) is 0. The van der Waals surface area contributed by atoms with Gasteiger partial charge in [0.05, 0.1) is 0 Å². The topological polar surface area (TPSA) is 52.6 Å². The van der Waals surface area contributed by atoms with Crippen LogP contribution in [0.15, 0.2) is 0 Å². The predicted molar refractivity (Wildman–Crippen MR) is 11.1 cm³/mol. The van der Waals surface area contributed by atoms with E-state index in [1.165, 1.54) is 0 Å². The average Bonchev–Trinajstić information content (AvgIpc) is 1.32. The summed E-state index contributed by atoms with van der Waals surface area (Å²) in [5, 5.41) is 0. The van der Waals surface area contributed by atoms with Gasteiger partial charge in [0.25, 0.3) is 0 Å². The van der Waals surface area contributed by atoms with Crippen LogP contribution in [0.1, 0.15) is 0 Å². The summed E-state index contributed by atoms with van der Waals surface area (Å²) in [5.41, 5.74) is 0. The van der Waals surface area contributed by atoms with Crippen LogP contribution in [-0.4, -0.2) is 8.42 Å². The van der Waals surface area contributed by atoms with Crippen LogP contribution in [0.4, 0.5) is 0 Å². The summed E-state index contributed by atoms with van der Waals surface area (Å²) in [5.74, 6) is 0. The quantitative estimate of drug-likeness (QED) is 0.449. The van der Waals surface area contributed by atoms with Crippen molar-refractivity contribution in [2.24, 2.45) is 0 Å². The zero-order chi connectivity index (χ0) is 4.62. The van der Waals surface area contributed by atoms with E-state index in [4.69, 9.17) is 0 Å². The van der Waals surface area contributed by atoms with E-state index in [1.54, 1.807) is 0 Å². The van der Waals surface area contributed by atoms with Crippen molar-refractivity contribution in [1.29, 1.82) is 0 Å². The molecule has 1 aliphatic rings. The minimum absolute atomic E-state index is 0.774. The van der Waals surface area contributed by atoms with Crippen molar-refractivity contribution in [3.8, 4) is 0 Å². The standard InChI is InChI=1S/H2O4S.V/c1-5(2,3)4;/h(H2,1,2,3,4);/q;+2/p-2. The Morgan fingerprint density at radius 2 is 1.67 bits per heavy atom. The first-order valence-corrected chi connectivity index (χ1v) is 3.51. The van der Waals surface area contributed by atoms with E-state index in [0.717, 1.165) is 0 Å². The number of hydrogen-bond donors (Lipinski definition) is 0. The van der Waals surface area contributed by atoms with Crippen molar-refractivity contribution in [1.82, 2.24) is 0 Å². The van der Waals surface area contributed by atoms with Crippen molar-refractivity contribution < 1.29 is 31.6 Å². The predicted octanol–water partition coefficient (Wildman–Crippen LogP) is -0.809. The van der Waals surface area contributed by atoms with Gasteiger partial charge < -0.3 is 0 Å². The van der Waals surface area contributed by atoms with Gasteiger partial charge in [-0.05, 0) is 0 Å². The van der Waals surface area contributed by atoms with Crippen LogP contribution < -0.4 is 0 Å². The van der Waals surface area contributed by atoms with Crippen molar-refractivity contribution >= 4 is 10.4 Å². The van der Waals surface area contributed by atoms with Gasteiger partial charge in [0.2, 0.25) is 0 Å². The molecule has 0 saturated carbocycles. The molecule has 0 aromatic heterocycles. The molecule has 0 aromatic carbocycles. The molecular formula is O4SV. The van der Waals surface area contributed by atoms with Gasteiger partial charge >= 0.3 is 42.0 Å². The molecule has 0 aromatic rings. The average molecular weight is 147 g/mol. The Hall–Kier alpha value is 0.454. The molecule has 0 spiro atoms. The van der Waals surface area contributed by atoms with Crippen LogP contribution >= 0.6 is 0 Å². The summed E-state index contributed by atoms with van der Waals surface area (Å²) < 4.78 is 27.3. The second kappa shape index (κ2) is 1.21. The van der Waals surface area contributed by atoms with E-state index in [1.807, 2.05) is 0 Å². The van der Waals surface area contributed by atoms with Gasteiger partial charge in [0.15, 0.2) is 0 Å². The molecule has 1 saturated heterocycles. The molecule has 6 heteroatoms. The molecule has 0 radical (unpaired) electrons. The molecule has 0 unspecified atom stereocenters. The van der Waals surface area contributed by atoms with Crippen LogP contribution in [0, 0.1) is 0 Å². The summed E-state index contributed by atoms with van der Waals surface area (Å²) in [6.45, 7) is 0. The van der Waals surface area contributed by atoms with Crippen LogP contribution in [0.2, 0.25) is 0 Å². The second-order valence-corrected chi connectivity index (χ2v) is 3.38. The molecule has 35 valence electrons. The van der Waals surface area contributed by atoms with Crippen molar-refractivity contribution in [2.45, 2.75) is 0 Å². The Labute approximate surface area is 42.6 Å². The zero-order valence-electron chi connectivity index (χ0n) is 2.49. The summed E-state index contributed by atoms with van der Waals surface area (Å²) in [6.07, 6.45) is 0. The molecule has 1 rings (SSSR count). The van der Waals surface area contributed by atoms with Gasteiger partial charge in [-0.3, -0.25) is 0 Å². The third-order valence-corrected chi connectivity index (χ3v) is 3.01. The first-order valence-electron chi connectivity index (χ1n) is 1.03. The monoisotopic (exact) mass is 147 g/mol. The van der Waals surface area contributed by atoms with Crippen LogP contribution in [0.5, 0.6) is 0 Å². The first-order chi connectivity index (χ1) is 2.71. The molecule has 0 aliphatic carbocycles. The summed E-state index contributed by atoms with van der Waals surface area (Å²) >= 11 is -0.774. The molecule has 0 amide bonds. The molecular weight excluding hydrogens is 147 g/mol. The molecule has 1 fully saturated rings. The first kappa shape index (κ1) is 4.61. The van der Waals surface area contributed by atoms with Gasteiger partial charge in [-0.2, -0.15) is 0 Å². The Bertz CT molecular complexity index is 122. The molecule has 0 bridgehead atoms. The van der Waals surface area contributed by atoms with Crippen molar-refractivity contribution in [3.63, 3.8) is 0 Å². The van der Waals surface area contributed by atoms with Gasteiger partial charge in [-0.25, -0.2) is 0 Å². The fraction of sp³-hybridized carbons (Fsp3) is 0. The van der Waals surface area contributed by atoms with E-state index in [-0.39, 0.29) is 0 Å². The number of rotatable bonds is 0. The van der Waals surface area contributed by atoms with E-state index in [0.29, 0.717) is 0 Å². The van der Waals surface area contributed by atoms with E-state index in [2.05, 4.69) is 6.22 Å². The number of hydrogen-bond acceptors (Lipinski definition) is 4. The summed E-state index contributed by atoms with van der Waals surface area (Å²) in [7, 11) is -3.44. The second-order valence-electron chi connectivity index (χ2n) is 0.632. The van der Waals surface area contributed by atoms with E-state index in [9.17, 15) is 8.42 Å². The molecule has 0 N–H and O–H groups in total. The third-order valence-electron chi connectivity index (χ3n) is 0.243. The Kier molecular flexibility index (Phi) is 0.930. The minimum atomic E-state index is -3.44. The maximum absolute atomic E-state index is 9.67. The summed E-state index contributed by atoms with van der Waals surface area (Å²) in [4.78, 5) is 0. The SMILES string of the molecule is O=S1(=O)[O][V][O]1. The van der Waals surface area contributed by atoms with Gasteiger partial charge in [0, 0.05) is 0 Å². The zero-order valence-corrected chi connectivity index (χ0v) is 4.70. The molecule has 1 aliphatic heterocycles. The van der Waals surface area contributed by atoms with Crippen LogP contribution in [0.3, 0.4) is 0 Å². The Balaban J connectivity index is 2.78. The maximum atomic E-state index is 9.67. The van der Waals surface area contributed by atoms with Crippen molar-refractivity contribution in [3.05, 3.63) is 0 Å². The Morgan fingerprint density at radius 3 is 1.67 bits per heavy atom. The van der Waals surface area contributed by atoms with Crippen LogP contribution in [0.25, 0.3) is 0 Å². The van der Waals surface area contributed by atoms with Gasteiger partial charge in [-0.1, -0.05) is 0 Å². The normalized spacial score (nSPS) is 27.3. The molecule has 6 heavy (non-hydrogen) atoms. The molecule has 1 heterocycles. The van der Waals surface area contributed by atoms with Crippen molar-refractivity contribution in [2.75, 3.05) is 0 Å². The van der Waals surface area contributed by atoms with Crippen LogP contribution in [-0.2, 0) is 33.6 Å². The van der Waals surface area contributed by atoms with Gasteiger partial charge in [0.1, 0.15) is 0 Å². The fourth-order valence-corrected chi connectivity index (χ4v) is 0.991. The van der Waals surface area contributed by atoms with E-state index < -0.39 is 27.4 Å². The van der Waals surface area contributed by atoms with Gasteiger partial charge in [-0.15, -0.1) is 0 Å². The Morgan fingerprint density at radius 1 is 1.33 bits per heavy atom. The molecule has 0 atom stereocenters. The fourth-order valence-electron chi connectivity index (χ4n) is 0.0801. The molecule has 4 nitrogen and oxygen atoms in total. The third kappa shape index (κ3) is 0.744.